The molecule has 0 saturated carbocycles. The lowest BCUT2D eigenvalue weighted by Gasteiger charge is -2.30. The van der Waals surface area contributed by atoms with Crippen LogP contribution in [0.1, 0.15) is 48.1 Å². The Labute approximate surface area is 243 Å². The molecule has 5 rings (SSSR count). The van der Waals surface area contributed by atoms with Gasteiger partial charge in [-0.3, -0.25) is 0 Å². The van der Waals surface area contributed by atoms with Gasteiger partial charge in [0.2, 0.25) is 0 Å². The van der Waals surface area contributed by atoms with Crippen LogP contribution in [0.25, 0.3) is 15.5 Å². The minimum absolute atomic E-state index is 0.0448. The van der Waals surface area contributed by atoms with Gasteiger partial charge < -0.3 is 4.74 Å². The molecule has 0 spiro atoms. The minimum atomic E-state index is -0.571. The highest BCUT2D eigenvalue weighted by Gasteiger charge is 2.33. The van der Waals surface area contributed by atoms with Crippen LogP contribution in [-0.4, -0.2) is 0 Å². The molecule has 1 aliphatic heterocycles. The molecule has 3 aromatic rings. The van der Waals surface area contributed by atoms with Crippen molar-refractivity contribution in [2.24, 2.45) is 5.41 Å². The predicted octanol–water partition coefficient (Wildman–Crippen LogP) is 9.41. The standard InChI is InChI=1S/C34H27N3OS2/c1-22-14-30-31(39-22)16-27(40-30)13-12-24-15-23(17-34(2,3)18-24)8-7-11-28-29(21-37)33(26(19-35)20-36)38-32(28)25-9-5-4-6-10-25/h4-16,32H,17-18H2,1-3H3/b11-7+,13-12+,23-8-. The van der Waals surface area contributed by atoms with Gasteiger partial charge >= 0.3 is 0 Å². The number of hydrogen-bond acceptors (Lipinski definition) is 6. The topological polar surface area (TPSA) is 80.6 Å². The number of nitrogens with zero attached hydrogens (tertiary/aromatic N) is 3. The summed E-state index contributed by atoms with van der Waals surface area (Å²) in [4.78, 5) is 2.61. The van der Waals surface area contributed by atoms with Gasteiger partial charge in [-0.25, -0.2) is 0 Å². The fourth-order valence-electron chi connectivity index (χ4n) is 5.22. The van der Waals surface area contributed by atoms with E-state index in [1.807, 2.05) is 77.3 Å². The first kappa shape index (κ1) is 27.2. The summed E-state index contributed by atoms with van der Waals surface area (Å²) >= 11 is 3.66. The van der Waals surface area contributed by atoms with Crippen LogP contribution in [0.2, 0.25) is 0 Å². The van der Waals surface area contributed by atoms with Crippen molar-refractivity contribution >= 4 is 38.1 Å². The summed E-state index contributed by atoms with van der Waals surface area (Å²) in [5.74, 6) is 0.0448. The second-order valence-corrected chi connectivity index (χ2v) is 13.1. The summed E-state index contributed by atoms with van der Waals surface area (Å²) in [7, 11) is 0. The summed E-state index contributed by atoms with van der Waals surface area (Å²) in [5.41, 5.74) is 4.10. The molecule has 0 radical (unpaired) electrons. The Balaban J connectivity index is 1.46. The Hall–Kier alpha value is -4.41. The molecule has 1 atom stereocenters. The first-order chi connectivity index (χ1) is 19.3. The number of thiophene rings is 2. The molecule has 196 valence electrons. The number of benzene rings is 1. The Bertz CT molecular complexity index is 1740. The quantitative estimate of drug-likeness (QED) is 0.293. The maximum Gasteiger partial charge on any atom is 0.172 e. The Morgan fingerprint density at radius 3 is 2.42 bits per heavy atom. The number of allylic oxidation sites excluding steroid dienone is 8. The molecule has 0 amide bonds. The van der Waals surface area contributed by atoms with E-state index in [2.05, 4.69) is 63.3 Å². The van der Waals surface area contributed by atoms with Crippen molar-refractivity contribution in [3.63, 3.8) is 0 Å². The molecule has 0 saturated heterocycles. The first-order valence-corrected chi connectivity index (χ1v) is 14.6. The van der Waals surface area contributed by atoms with E-state index in [9.17, 15) is 15.8 Å². The van der Waals surface area contributed by atoms with E-state index in [1.165, 1.54) is 30.3 Å². The van der Waals surface area contributed by atoms with Crippen molar-refractivity contribution in [1.82, 2.24) is 0 Å². The molecule has 0 N–H and O–H groups in total. The molecule has 0 bridgehead atoms. The second kappa shape index (κ2) is 11.4. The molecule has 4 nitrogen and oxygen atoms in total. The van der Waals surface area contributed by atoms with Crippen molar-refractivity contribution in [3.05, 3.63) is 122 Å². The van der Waals surface area contributed by atoms with Crippen LogP contribution in [0.5, 0.6) is 0 Å². The summed E-state index contributed by atoms with van der Waals surface area (Å²) in [6.45, 7) is 6.71. The highest BCUT2D eigenvalue weighted by Crippen LogP contribution is 2.43. The van der Waals surface area contributed by atoms with Gasteiger partial charge in [-0.15, -0.1) is 22.7 Å². The second-order valence-electron chi connectivity index (χ2n) is 10.7. The van der Waals surface area contributed by atoms with Crippen LogP contribution >= 0.6 is 22.7 Å². The van der Waals surface area contributed by atoms with E-state index in [-0.39, 0.29) is 22.3 Å². The van der Waals surface area contributed by atoms with Gasteiger partial charge in [0.1, 0.15) is 23.8 Å². The largest absolute Gasteiger partial charge is 0.477 e. The van der Waals surface area contributed by atoms with Gasteiger partial charge in [-0.1, -0.05) is 74.6 Å². The fraction of sp³-hybridized carbons (Fsp3) is 0.206. The zero-order valence-corrected chi connectivity index (χ0v) is 24.2. The molecule has 6 heteroatoms. The van der Waals surface area contributed by atoms with E-state index >= 15 is 0 Å². The number of rotatable bonds is 5. The Morgan fingerprint density at radius 1 is 0.975 bits per heavy atom. The maximum atomic E-state index is 9.96. The fourth-order valence-corrected chi connectivity index (χ4v) is 7.45. The van der Waals surface area contributed by atoms with Crippen molar-refractivity contribution in [2.75, 3.05) is 0 Å². The van der Waals surface area contributed by atoms with Crippen LogP contribution in [-0.2, 0) is 4.74 Å². The lowest BCUT2D eigenvalue weighted by atomic mass is 9.75. The van der Waals surface area contributed by atoms with Crippen LogP contribution in [0, 0.1) is 46.3 Å². The predicted molar refractivity (Wildman–Crippen MR) is 163 cm³/mol. The number of fused-ring (bicyclic) bond motifs is 1. The van der Waals surface area contributed by atoms with Gasteiger partial charge in [-0.2, -0.15) is 15.8 Å². The van der Waals surface area contributed by atoms with Crippen molar-refractivity contribution in [2.45, 2.75) is 39.7 Å². The lowest BCUT2D eigenvalue weighted by Crippen LogP contribution is -2.16. The third-order valence-corrected chi connectivity index (χ3v) is 9.01. The van der Waals surface area contributed by atoms with Crippen molar-refractivity contribution in [1.29, 1.82) is 15.8 Å². The normalized spacial score (nSPS) is 19.6. The summed E-state index contributed by atoms with van der Waals surface area (Å²) in [5, 5.41) is 28.8. The number of aryl methyl sites for hydroxylation is 1. The van der Waals surface area contributed by atoms with Crippen LogP contribution in [0.15, 0.2) is 106 Å². The number of nitriles is 3. The highest BCUT2D eigenvalue weighted by atomic mass is 32.1. The van der Waals surface area contributed by atoms with Crippen molar-refractivity contribution in [3.8, 4) is 18.2 Å². The van der Waals surface area contributed by atoms with E-state index in [4.69, 9.17) is 4.74 Å². The monoisotopic (exact) mass is 557 g/mol. The lowest BCUT2D eigenvalue weighted by molar-refractivity contribution is 0.177. The van der Waals surface area contributed by atoms with Gasteiger partial charge in [0.15, 0.2) is 17.4 Å². The zero-order chi connectivity index (χ0) is 28.3. The zero-order valence-electron chi connectivity index (χ0n) is 22.6. The molecule has 1 aromatic carbocycles. The first-order valence-electron chi connectivity index (χ1n) is 13.0. The molecule has 2 aromatic heterocycles. The van der Waals surface area contributed by atoms with Gasteiger partial charge in [0.25, 0.3) is 0 Å². The van der Waals surface area contributed by atoms with E-state index < -0.39 is 6.10 Å². The van der Waals surface area contributed by atoms with E-state index in [1.54, 1.807) is 0 Å². The molecule has 1 aliphatic carbocycles. The molecule has 3 heterocycles. The van der Waals surface area contributed by atoms with Crippen molar-refractivity contribution < 1.29 is 4.74 Å². The maximum absolute atomic E-state index is 9.96. The van der Waals surface area contributed by atoms with Gasteiger partial charge in [0.05, 0.1) is 0 Å². The highest BCUT2D eigenvalue weighted by molar-refractivity contribution is 7.28. The van der Waals surface area contributed by atoms with Crippen LogP contribution in [0.4, 0.5) is 0 Å². The van der Waals surface area contributed by atoms with E-state index in [0.717, 1.165) is 18.4 Å². The number of hydrogen-bond donors (Lipinski definition) is 0. The van der Waals surface area contributed by atoms with Crippen LogP contribution < -0.4 is 0 Å². The summed E-state index contributed by atoms with van der Waals surface area (Å²) in [6.07, 6.45) is 14.0. The average molecular weight is 558 g/mol. The molecule has 1 unspecified atom stereocenters. The van der Waals surface area contributed by atoms with Gasteiger partial charge in [0, 0.05) is 24.7 Å². The minimum Gasteiger partial charge on any atom is -0.477 e. The Morgan fingerprint density at radius 2 is 1.73 bits per heavy atom. The third kappa shape index (κ3) is 5.78. The molecule has 40 heavy (non-hydrogen) atoms. The smallest absolute Gasteiger partial charge is 0.172 e. The molecule has 2 aliphatic rings. The molecule has 0 fully saturated rings. The molecular formula is C34H27N3OS2. The van der Waals surface area contributed by atoms with Gasteiger partial charge in [-0.05, 0) is 60.1 Å². The summed E-state index contributed by atoms with van der Waals surface area (Å²) < 4.78 is 8.73. The molecular weight excluding hydrogens is 531 g/mol. The average Bonchev–Trinajstić information content (AvgIpc) is 3.58. The Kier molecular flexibility index (Phi) is 7.72. The van der Waals surface area contributed by atoms with Crippen LogP contribution in [0.3, 0.4) is 0 Å². The third-order valence-electron chi connectivity index (χ3n) is 6.83. The number of ether oxygens (including phenoxy) is 1. The van der Waals surface area contributed by atoms with E-state index in [0.29, 0.717) is 5.57 Å². The summed E-state index contributed by atoms with van der Waals surface area (Å²) in [6, 6.07) is 19.9. The SMILES string of the molecule is Cc1cc2sc(/C=C/C3=CC(=C/C=C/C4=C(C#N)C(=C(C#N)C#N)OC4c4ccccc4)/CC(C)(C)C3)cc2s1.